The lowest BCUT2D eigenvalue weighted by Crippen LogP contribution is -2.36. The summed E-state index contributed by atoms with van der Waals surface area (Å²) in [4.78, 5) is 27.0. The Hall–Kier alpha value is -3.86. The zero-order valence-corrected chi connectivity index (χ0v) is 15.9. The van der Waals surface area contributed by atoms with Gasteiger partial charge in [0.25, 0.3) is 11.8 Å². The molecular formula is C24H21N3O2. The van der Waals surface area contributed by atoms with Gasteiger partial charge in [0.1, 0.15) is 0 Å². The lowest BCUT2D eigenvalue weighted by Gasteiger charge is -2.30. The number of carbonyl (C=O) groups is 2. The Morgan fingerprint density at radius 3 is 2.34 bits per heavy atom. The Kier molecular flexibility index (Phi) is 4.87. The average Bonchev–Trinajstić information content (AvgIpc) is 2.74. The molecule has 1 aliphatic rings. The number of benzene rings is 3. The van der Waals surface area contributed by atoms with Gasteiger partial charge in [0, 0.05) is 24.2 Å². The number of nitrogens with zero attached hydrogens (tertiary/aromatic N) is 1. The van der Waals surface area contributed by atoms with Crippen LogP contribution in [0.1, 0.15) is 31.8 Å². The smallest absolute Gasteiger partial charge is 0.255 e. The van der Waals surface area contributed by atoms with Gasteiger partial charge in [-0.2, -0.15) is 0 Å². The molecule has 3 aromatic rings. The summed E-state index contributed by atoms with van der Waals surface area (Å²) in [6.45, 7) is 5.06. The lowest BCUT2D eigenvalue weighted by molar-refractivity contribution is 0.0757. The molecule has 0 spiro atoms. The molecule has 0 bridgehead atoms. The summed E-state index contributed by atoms with van der Waals surface area (Å²) >= 11 is 0. The van der Waals surface area contributed by atoms with E-state index >= 15 is 0 Å². The van der Waals surface area contributed by atoms with Crippen molar-refractivity contribution >= 4 is 28.8 Å². The van der Waals surface area contributed by atoms with Gasteiger partial charge in [0.05, 0.1) is 11.4 Å². The van der Waals surface area contributed by atoms with Crippen molar-refractivity contribution in [1.29, 1.82) is 0 Å². The number of anilines is 2. The largest absolute Gasteiger partial charge is 0.397 e. The van der Waals surface area contributed by atoms with Crippen molar-refractivity contribution in [3.8, 4) is 0 Å². The highest BCUT2D eigenvalue weighted by molar-refractivity contribution is 6.05. The number of rotatable bonds is 4. The molecule has 2 amide bonds. The topological polar surface area (TPSA) is 75.4 Å². The number of nitrogens with one attached hydrogen (secondary N) is 1. The standard InChI is InChI=1S/C24H21N3O2/c1-16-14-27(24(29)20-7-3-2-6-19(16)20)15-17-10-12-18(13-11-17)23(28)26-22-9-5-4-8-21(22)25/h2-13H,1,14-15,25H2,(H,26,28). The maximum absolute atomic E-state index is 12.8. The third-order valence-corrected chi connectivity index (χ3v) is 5.01. The number of fused-ring (bicyclic) bond motifs is 1. The fraction of sp³-hybridized carbons (Fsp3) is 0.0833. The first-order chi connectivity index (χ1) is 14.0. The van der Waals surface area contributed by atoms with Crippen molar-refractivity contribution < 1.29 is 9.59 Å². The zero-order valence-electron chi connectivity index (χ0n) is 15.9. The zero-order chi connectivity index (χ0) is 20.4. The van der Waals surface area contributed by atoms with Crippen LogP contribution in [0.5, 0.6) is 0 Å². The summed E-state index contributed by atoms with van der Waals surface area (Å²) in [6, 6.07) is 21.9. The van der Waals surface area contributed by atoms with Gasteiger partial charge in [-0.1, -0.05) is 49.0 Å². The minimum Gasteiger partial charge on any atom is -0.397 e. The maximum atomic E-state index is 12.8. The van der Waals surface area contributed by atoms with Crippen molar-refractivity contribution in [2.24, 2.45) is 0 Å². The maximum Gasteiger partial charge on any atom is 0.255 e. The predicted octanol–water partition coefficient (Wildman–Crippen LogP) is 4.19. The van der Waals surface area contributed by atoms with Crippen LogP contribution in [0, 0.1) is 0 Å². The summed E-state index contributed by atoms with van der Waals surface area (Å²) in [5, 5.41) is 2.81. The molecule has 0 radical (unpaired) electrons. The van der Waals surface area contributed by atoms with Crippen LogP contribution >= 0.6 is 0 Å². The Bertz CT molecular complexity index is 1100. The second-order valence-electron chi connectivity index (χ2n) is 7.05. The average molecular weight is 383 g/mol. The molecule has 0 saturated carbocycles. The van der Waals surface area contributed by atoms with Crippen LogP contribution in [0.2, 0.25) is 0 Å². The molecule has 0 saturated heterocycles. The monoisotopic (exact) mass is 383 g/mol. The fourth-order valence-corrected chi connectivity index (χ4v) is 3.45. The van der Waals surface area contributed by atoms with E-state index in [0.29, 0.717) is 35.6 Å². The van der Waals surface area contributed by atoms with Gasteiger partial charge in [-0.3, -0.25) is 9.59 Å². The third kappa shape index (κ3) is 3.75. The van der Waals surface area contributed by atoms with E-state index in [2.05, 4.69) is 11.9 Å². The van der Waals surface area contributed by atoms with E-state index < -0.39 is 0 Å². The van der Waals surface area contributed by atoms with Crippen LogP contribution in [0.25, 0.3) is 5.57 Å². The Morgan fingerprint density at radius 1 is 0.966 bits per heavy atom. The first kappa shape index (κ1) is 18.5. The van der Waals surface area contributed by atoms with Gasteiger partial charge in [-0.15, -0.1) is 0 Å². The highest BCUT2D eigenvalue weighted by atomic mass is 16.2. The van der Waals surface area contributed by atoms with Gasteiger partial charge >= 0.3 is 0 Å². The highest BCUT2D eigenvalue weighted by Crippen LogP contribution is 2.27. The molecule has 0 atom stereocenters. The van der Waals surface area contributed by atoms with E-state index in [9.17, 15) is 9.59 Å². The van der Waals surface area contributed by atoms with Crippen molar-refractivity contribution in [2.75, 3.05) is 17.6 Å². The predicted molar refractivity (Wildman–Crippen MR) is 115 cm³/mol. The van der Waals surface area contributed by atoms with Crippen molar-refractivity contribution in [2.45, 2.75) is 6.54 Å². The Balaban J connectivity index is 1.46. The number of para-hydroxylation sites is 2. The first-order valence-corrected chi connectivity index (χ1v) is 9.34. The van der Waals surface area contributed by atoms with Crippen LogP contribution in [-0.4, -0.2) is 23.3 Å². The molecule has 5 heteroatoms. The second kappa shape index (κ2) is 7.64. The molecular weight excluding hydrogens is 362 g/mol. The third-order valence-electron chi connectivity index (χ3n) is 5.01. The van der Waals surface area contributed by atoms with E-state index in [-0.39, 0.29) is 11.8 Å². The molecule has 144 valence electrons. The minimum absolute atomic E-state index is 0.00521. The number of nitrogens with two attached hydrogens (primary N) is 1. The second-order valence-corrected chi connectivity index (χ2v) is 7.05. The quantitative estimate of drug-likeness (QED) is 0.663. The molecule has 29 heavy (non-hydrogen) atoms. The highest BCUT2D eigenvalue weighted by Gasteiger charge is 2.26. The van der Waals surface area contributed by atoms with Crippen LogP contribution in [-0.2, 0) is 6.54 Å². The first-order valence-electron chi connectivity index (χ1n) is 9.34. The van der Waals surface area contributed by atoms with E-state index in [1.165, 1.54) is 0 Å². The Morgan fingerprint density at radius 2 is 1.62 bits per heavy atom. The lowest BCUT2D eigenvalue weighted by atomic mass is 9.95. The minimum atomic E-state index is -0.231. The summed E-state index contributed by atoms with van der Waals surface area (Å²) in [7, 11) is 0. The SMILES string of the molecule is C=C1CN(Cc2ccc(C(=O)Nc3ccccc3N)cc2)C(=O)c2ccccc21. The molecule has 0 fully saturated rings. The Labute approximate surface area is 169 Å². The van der Waals surface area contributed by atoms with E-state index in [1.54, 1.807) is 29.2 Å². The van der Waals surface area contributed by atoms with Gasteiger partial charge in [0.15, 0.2) is 0 Å². The van der Waals surface area contributed by atoms with Crippen LogP contribution in [0.4, 0.5) is 11.4 Å². The van der Waals surface area contributed by atoms with Crippen LogP contribution in [0.3, 0.4) is 0 Å². The molecule has 4 rings (SSSR count). The number of hydrogen-bond acceptors (Lipinski definition) is 3. The molecule has 3 N–H and O–H groups in total. The normalized spacial score (nSPS) is 13.2. The molecule has 0 unspecified atom stereocenters. The van der Waals surface area contributed by atoms with Gasteiger partial charge in [-0.05, 0) is 47.0 Å². The van der Waals surface area contributed by atoms with Crippen molar-refractivity contribution in [3.05, 3.63) is 102 Å². The molecule has 1 aliphatic heterocycles. The van der Waals surface area contributed by atoms with E-state index in [4.69, 9.17) is 5.73 Å². The van der Waals surface area contributed by atoms with Crippen LogP contribution in [0.15, 0.2) is 79.4 Å². The summed E-state index contributed by atoms with van der Waals surface area (Å²) < 4.78 is 0. The van der Waals surface area contributed by atoms with Gasteiger partial charge in [-0.25, -0.2) is 0 Å². The summed E-state index contributed by atoms with van der Waals surface area (Å²) in [6.07, 6.45) is 0. The molecule has 0 aromatic heterocycles. The number of carbonyl (C=O) groups excluding carboxylic acids is 2. The van der Waals surface area contributed by atoms with Gasteiger partial charge in [0.2, 0.25) is 0 Å². The molecule has 1 heterocycles. The molecule has 0 aliphatic carbocycles. The molecule has 5 nitrogen and oxygen atoms in total. The summed E-state index contributed by atoms with van der Waals surface area (Å²) in [5.41, 5.74) is 11.0. The number of nitrogen functional groups attached to an aromatic ring is 1. The molecule has 3 aromatic carbocycles. The van der Waals surface area contributed by atoms with E-state index in [0.717, 1.165) is 16.7 Å². The number of amides is 2. The van der Waals surface area contributed by atoms with Gasteiger partial charge < -0.3 is 16.0 Å². The van der Waals surface area contributed by atoms with Crippen LogP contribution < -0.4 is 11.1 Å². The fourth-order valence-electron chi connectivity index (χ4n) is 3.45. The summed E-state index contributed by atoms with van der Waals surface area (Å²) in [5.74, 6) is -0.236. The van der Waals surface area contributed by atoms with Crippen molar-refractivity contribution in [1.82, 2.24) is 4.90 Å². The number of hydrogen-bond donors (Lipinski definition) is 2. The van der Waals surface area contributed by atoms with E-state index in [1.807, 2.05) is 48.5 Å². The van der Waals surface area contributed by atoms with Crippen molar-refractivity contribution in [3.63, 3.8) is 0 Å².